The largest absolute Gasteiger partial charge is 0.325 e. The van der Waals surface area contributed by atoms with Crippen LogP contribution in [0.15, 0.2) is 33.6 Å². The van der Waals surface area contributed by atoms with Gasteiger partial charge in [-0.1, -0.05) is 0 Å². The first-order chi connectivity index (χ1) is 8.17. The standard InChI is InChI=1S/C11H8Br2N4/c12-10-9(6-15)16-11(13)17(10)8-3-1-7(5-14)2-4-8/h1-4H,6,15H2. The number of nitrogens with zero attached hydrogens (tertiary/aromatic N) is 3. The molecule has 0 saturated carbocycles. The summed E-state index contributed by atoms with van der Waals surface area (Å²) in [5.74, 6) is 0. The summed E-state index contributed by atoms with van der Waals surface area (Å²) in [7, 11) is 0. The Morgan fingerprint density at radius 2 is 1.94 bits per heavy atom. The van der Waals surface area contributed by atoms with Crippen molar-refractivity contribution in [2.45, 2.75) is 6.54 Å². The highest BCUT2D eigenvalue weighted by Gasteiger charge is 2.13. The summed E-state index contributed by atoms with van der Waals surface area (Å²) in [5.41, 5.74) is 7.90. The van der Waals surface area contributed by atoms with E-state index in [9.17, 15) is 0 Å². The van der Waals surface area contributed by atoms with Gasteiger partial charge in [0.1, 0.15) is 4.60 Å². The Labute approximate surface area is 115 Å². The molecule has 0 bridgehead atoms. The van der Waals surface area contributed by atoms with E-state index < -0.39 is 0 Å². The van der Waals surface area contributed by atoms with Crippen molar-refractivity contribution in [3.8, 4) is 11.8 Å². The maximum atomic E-state index is 8.75. The Balaban J connectivity index is 2.53. The van der Waals surface area contributed by atoms with Crippen molar-refractivity contribution >= 4 is 31.9 Å². The van der Waals surface area contributed by atoms with Crippen LogP contribution in [-0.4, -0.2) is 9.55 Å². The fourth-order valence-electron chi connectivity index (χ4n) is 1.45. The zero-order valence-corrected chi connectivity index (χ0v) is 11.9. The maximum Gasteiger partial charge on any atom is 0.182 e. The van der Waals surface area contributed by atoms with E-state index in [-0.39, 0.29) is 0 Å². The number of nitriles is 1. The molecular formula is C11H8Br2N4. The summed E-state index contributed by atoms with van der Waals surface area (Å²) in [4.78, 5) is 4.29. The number of hydrogen-bond donors (Lipinski definition) is 1. The average molecular weight is 356 g/mol. The highest BCUT2D eigenvalue weighted by Crippen LogP contribution is 2.26. The molecule has 1 heterocycles. The molecule has 1 aromatic heterocycles. The van der Waals surface area contributed by atoms with Crippen LogP contribution in [0.1, 0.15) is 11.3 Å². The lowest BCUT2D eigenvalue weighted by Crippen LogP contribution is -1.98. The highest BCUT2D eigenvalue weighted by atomic mass is 79.9. The van der Waals surface area contributed by atoms with Gasteiger partial charge in [-0.3, -0.25) is 4.57 Å². The Bertz CT molecular complexity index is 581. The molecule has 2 rings (SSSR count). The zero-order valence-electron chi connectivity index (χ0n) is 8.69. The van der Waals surface area contributed by atoms with E-state index in [1.54, 1.807) is 12.1 Å². The molecule has 0 unspecified atom stereocenters. The van der Waals surface area contributed by atoms with Crippen molar-refractivity contribution < 1.29 is 0 Å². The second-order valence-electron chi connectivity index (χ2n) is 3.32. The van der Waals surface area contributed by atoms with Gasteiger partial charge in [-0.2, -0.15) is 5.26 Å². The third kappa shape index (κ3) is 2.27. The van der Waals surface area contributed by atoms with Gasteiger partial charge in [0.05, 0.1) is 17.3 Å². The Morgan fingerprint density at radius 3 is 2.41 bits per heavy atom. The van der Waals surface area contributed by atoms with Gasteiger partial charge in [0, 0.05) is 12.2 Å². The van der Waals surface area contributed by atoms with Crippen molar-refractivity contribution in [1.82, 2.24) is 9.55 Å². The molecule has 0 aliphatic carbocycles. The van der Waals surface area contributed by atoms with Crippen LogP contribution in [0, 0.1) is 11.3 Å². The molecule has 4 nitrogen and oxygen atoms in total. The number of rotatable bonds is 2. The molecule has 2 aromatic rings. The quantitative estimate of drug-likeness (QED) is 0.900. The van der Waals surface area contributed by atoms with Crippen LogP contribution in [0.2, 0.25) is 0 Å². The SMILES string of the molecule is N#Cc1ccc(-n2c(Br)nc(CN)c2Br)cc1. The normalized spacial score (nSPS) is 10.2. The topological polar surface area (TPSA) is 67.6 Å². The van der Waals surface area contributed by atoms with Gasteiger partial charge in [0.25, 0.3) is 0 Å². The first-order valence-corrected chi connectivity index (χ1v) is 6.39. The van der Waals surface area contributed by atoms with Gasteiger partial charge in [0.15, 0.2) is 4.73 Å². The van der Waals surface area contributed by atoms with E-state index in [2.05, 4.69) is 42.9 Å². The minimum Gasteiger partial charge on any atom is -0.325 e. The molecule has 0 aliphatic rings. The van der Waals surface area contributed by atoms with Crippen LogP contribution >= 0.6 is 31.9 Å². The van der Waals surface area contributed by atoms with E-state index >= 15 is 0 Å². The first kappa shape index (κ1) is 12.3. The minimum absolute atomic E-state index is 0.364. The van der Waals surface area contributed by atoms with Gasteiger partial charge in [0.2, 0.25) is 0 Å². The summed E-state index contributed by atoms with van der Waals surface area (Å²) in [5, 5.41) is 8.75. The summed E-state index contributed by atoms with van der Waals surface area (Å²) in [6, 6.07) is 9.32. The summed E-state index contributed by atoms with van der Waals surface area (Å²) >= 11 is 6.84. The lowest BCUT2D eigenvalue weighted by molar-refractivity contribution is 0.986. The fourth-order valence-corrected chi connectivity index (χ4v) is 2.91. The smallest absolute Gasteiger partial charge is 0.182 e. The maximum absolute atomic E-state index is 8.75. The molecule has 1 aromatic carbocycles. The molecule has 0 aliphatic heterocycles. The van der Waals surface area contributed by atoms with Crippen LogP contribution in [-0.2, 0) is 6.54 Å². The average Bonchev–Trinajstić information content (AvgIpc) is 2.64. The van der Waals surface area contributed by atoms with Crippen molar-refractivity contribution in [2.75, 3.05) is 0 Å². The van der Waals surface area contributed by atoms with E-state index in [0.29, 0.717) is 16.8 Å². The molecule has 17 heavy (non-hydrogen) atoms. The molecule has 86 valence electrons. The lowest BCUT2D eigenvalue weighted by Gasteiger charge is -2.05. The molecule has 0 amide bonds. The predicted molar refractivity (Wildman–Crippen MR) is 71.6 cm³/mol. The number of hydrogen-bond acceptors (Lipinski definition) is 3. The van der Waals surface area contributed by atoms with Gasteiger partial charge < -0.3 is 5.73 Å². The molecule has 6 heteroatoms. The molecule has 0 fully saturated rings. The molecular weight excluding hydrogens is 348 g/mol. The second kappa shape index (κ2) is 5.00. The number of nitrogens with two attached hydrogens (primary N) is 1. The summed E-state index contributed by atoms with van der Waals surface area (Å²) < 4.78 is 3.37. The van der Waals surface area contributed by atoms with E-state index in [4.69, 9.17) is 11.0 Å². The third-order valence-corrected chi connectivity index (χ3v) is 3.64. The Hall–Kier alpha value is -1.16. The Morgan fingerprint density at radius 1 is 1.29 bits per heavy atom. The van der Waals surface area contributed by atoms with Gasteiger partial charge in [-0.15, -0.1) is 0 Å². The fraction of sp³-hybridized carbons (Fsp3) is 0.0909. The van der Waals surface area contributed by atoms with Crippen LogP contribution in [0.5, 0.6) is 0 Å². The van der Waals surface area contributed by atoms with E-state index in [0.717, 1.165) is 16.0 Å². The lowest BCUT2D eigenvalue weighted by atomic mass is 10.2. The molecule has 0 saturated heterocycles. The monoisotopic (exact) mass is 354 g/mol. The van der Waals surface area contributed by atoms with Crippen LogP contribution in [0.4, 0.5) is 0 Å². The molecule has 0 atom stereocenters. The second-order valence-corrected chi connectivity index (χ2v) is 4.78. The number of halogens is 2. The highest BCUT2D eigenvalue weighted by molar-refractivity contribution is 9.11. The number of aromatic nitrogens is 2. The van der Waals surface area contributed by atoms with E-state index in [1.807, 2.05) is 16.7 Å². The van der Waals surface area contributed by atoms with Crippen LogP contribution in [0.25, 0.3) is 5.69 Å². The third-order valence-electron chi connectivity index (χ3n) is 2.29. The van der Waals surface area contributed by atoms with Crippen LogP contribution < -0.4 is 5.73 Å². The molecule has 0 spiro atoms. The van der Waals surface area contributed by atoms with Gasteiger partial charge in [-0.25, -0.2) is 4.98 Å². The predicted octanol–water partition coefficient (Wildman–Crippen LogP) is 2.73. The zero-order chi connectivity index (χ0) is 12.4. The van der Waals surface area contributed by atoms with Crippen molar-refractivity contribution in [3.05, 3.63) is 44.9 Å². The Kier molecular flexibility index (Phi) is 3.62. The van der Waals surface area contributed by atoms with E-state index in [1.165, 1.54) is 0 Å². The number of imidazole rings is 1. The first-order valence-electron chi connectivity index (χ1n) is 4.80. The van der Waals surface area contributed by atoms with Crippen molar-refractivity contribution in [3.63, 3.8) is 0 Å². The molecule has 2 N–H and O–H groups in total. The molecule has 0 radical (unpaired) electrons. The minimum atomic E-state index is 0.364. The van der Waals surface area contributed by atoms with Gasteiger partial charge >= 0.3 is 0 Å². The van der Waals surface area contributed by atoms with Crippen molar-refractivity contribution in [1.29, 1.82) is 5.26 Å². The van der Waals surface area contributed by atoms with Crippen molar-refractivity contribution in [2.24, 2.45) is 5.73 Å². The van der Waals surface area contributed by atoms with Gasteiger partial charge in [-0.05, 0) is 56.1 Å². The number of benzene rings is 1. The summed E-state index contributed by atoms with van der Waals surface area (Å²) in [6.45, 7) is 0.364. The summed E-state index contributed by atoms with van der Waals surface area (Å²) in [6.07, 6.45) is 0. The van der Waals surface area contributed by atoms with Crippen LogP contribution in [0.3, 0.4) is 0 Å².